The van der Waals surface area contributed by atoms with Gasteiger partial charge in [0.15, 0.2) is 0 Å². The number of hydrogen-bond donors (Lipinski definition) is 2. The Morgan fingerprint density at radius 3 is 3.00 bits per heavy atom. The Labute approximate surface area is 64.6 Å². The van der Waals surface area contributed by atoms with Gasteiger partial charge in [0.1, 0.15) is 6.04 Å². The standard InChI is InChI=1S/C7H11NO3/c8-6(7(9)10)5-1-3-11-4-2-5/h1,6H,2-4,8H2,(H,9,10). The zero-order chi connectivity index (χ0) is 8.27. The first-order valence-electron chi connectivity index (χ1n) is 3.47. The molecule has 62 valence electrons. The van der Waals surface area contributed by atoms with Gasteiger partial charge in [-0.3, -0.25) is 4.79 Å². The third kappa shape index (κ3) is 2.03. The van der Waals surface area contributed by atoms with Crippen molar-refractivity contribution in [2.24, 2.45) is 5.73 Å². The van der Waals surface area contributed by atoms with Gasteiger partial charge in [-0.2, -0.15) is 0 Å². The van der Waals surface area contributed by atoms with Gasteiger partial charge in [0.25, 0.3) is 0 Å². The lowest BCUT2D eigenvalue weighted by atomic mass is 10.0. The van der Waals surface area contributed by atoms with Crippen LogP contribution in [0.2, 0.25) is 0 Å². The molecular weight excluding hydrogens is 146 g/mol. The van der Waals surface area contributed by atoms with Gasteiger partial charge >= 0.3 is 5.97 Å². The van der Waals surface area contributed by atoms with Crippen LogP contribution in [0.4, 0.5) is 0 Å². The van der Waals surface area contributed by atoms with Crippen LogP contribution in [0.1, 0.15) is 6.42 Å². The first-order chi connectivity index (χ1) is 5.22. The van der Waals surface area contributed by atoms with E-state index in [9.17, 15) is 4.79 Å². The molecule has 0 saturated heterocycles. The first-order valence-corrected chi connectivity index (χ1v) is 3.47. The molecular formula is C7H11NO3. The molecule has 0 spiro atoms. The summed E-state index contributed by atoms with van der Waals surface area (Å²) >= 11 is 0. The van der Waals surface area contributed by atoms with Gasteiger partial charge in [0.05, 0.1) is 13.2 Å². The highest BCUT2D eigenvalue weighted by molar-refractivity contribution is 5.77. The molecule has 0 amide bonds. The summed E-state index contributed by atoms with van der Waals surface area (Å²) in [6, 6.07) is -0.848. The number of ether oxygens (including phenoxy) is 1. The minimum atomic E-state index is -0.974. The van der Waals surface area contributed by atoms with Gasteiger partial charge in [0, 0.05) is 0 Å². The number of rotatable bonds is 2. The second-order valence-corrected chi connectivity index (χ2v) is 2.42. The highest BCUT2D eigenvalue weighted by Crippen LogP contribution is 2.10. The van der Waals surface area contributed by atoms with Crippen molar-refractivity contribution in [1.29, 1.82) is 0 Å². The second kappa shape index (κ2) is 3.50. The molecule has 0 radical (unpaired) electrons. The van der Waals surface area contributed by atoms with Gasteiger partial charge in [-0.25, -0.2) is 0 Å². The fourth-order valence-corrected chi connectivity index (χ4v) is 0.982. The molecule has 1 heterocycles. The Kier molecular flexibility index (Phi) is 2.62. The third-order valence-electron chi connectivity index (χ3n) is 1.66. The molecule has 1 aliphatic heterocycles. The number of aliphatic carboxylic acids is 1. The van der Waals surface area contributed by atoms with E-state index in [4.69, 9.17) is 15.6 Å². The highest BCUT2D eigenvalue weighted by Gasteiger charge is 2.18. The summed E-state index contributed by atoms with van der Waals surface area (Å²) in [6.45, 7) is 1.06. The molecule has 0 saturated carbocycles. The number of carboxylic acid groups (broad SMARTS) is 1. The Morgan fingerprint density at radius 1 is 1.82 bits per heavy atom. The van der Waals surface area contributed by atoms with Gasteiger partial charge in [0.2, 0.25) is 0 Å². The summed E-state index contributed by atoms with van der Waals surface area (Å²) in [7, 11) is 0. The van der Waals surface area contributed by atoms with Crippen LogP contribution >= 0.6 is 0 Å². The Hall–Kier alpha value is -0.870. The number of nitrogens with two attached hydrogens (primary N) is 1. The van der Waals surface area contributed by atoms with Crippen molar-refractivity contribution < 1.29 is 14.6 Å². The topological polar surface area (TPSA) is 72.6 Å². The number of carboxylic acids is 1. The second-order valence-electron chi connectivity index (χ2n) is 2.42. The van der Waals surface area contributed by atoms with Crippen LogP contribution < -0.4 is 5.73 Å². The lowest BCUT2D eigenvalue weighted by molar-refractivity contribution is -0.137. The summed E-state index contributed by atoms with van der Waals surface area (Å²) in [5.74, 6) is -0.974. The Balaban J connectivity index is 2.58. The zero-order valence-corrected chi connectivity index (χ0v) is 6.12. The summed E-state index contributed by atoms with van der Waals surface area (Å²) in [5.41, 5.74) is 6.14. The van der Waals surface area contributed by atoms with Crippen molar-refractivity contribution in [2.75, 3.05) is 13.2 Å². The molecule has 11 heavy (non-hydrogen) atoms. The molecule has 1 unspecified atom stereocenters. The minimum absolute atomic E-state index is 0.482. The normalized spacial score (nSPS) is 20.6. The largest absolute Gasteiger partial charge is 0.480 e. The van der Waals surface area contributed by atoms with Crippen molar-refractivity contribution in [2.45, 2.75) is 12.5 Å². The Morgan fingerprint density at radius 2 is 2.55 bits per heavy atom. The van der Waals surface area contributed by atoms with Crippen LogP contribution in [0.3, 0.4) is 0 Å². The fraction of sp³-hybridized carbons (Fsp3) is 0.571. The molecule has 0 aliphatic carbocycles. The molecule has 0 aromatic rings. The number of hydrogen-bond acceptors (Lipinski definition) is 3. The van der Waals surface area contributed by atoms with E-state index >= 15 is 0 Å². The molecule has 1 atom stereocenters. The molecule has 0 aromatic carbocycles. The van der Waals surface area contributed by atoms with E-state index in [2.05, 4.69) is 0 Å². The smallest absolute Gasteiger partial charge is 0.324 e. The van der Waals surface area contributed by atoms with Crippen LogP contribution in [0.5, 0.6) is 0 Å². The van der Waals surface area contributed by atoms with Crippen LogP contribution in [-0.2, 0) is 9.53 Å². The predicted octanol–water partition coefficient (Wildman–Crippen LogP) is -0.255. The van der Waals surface area contributed by atoms with Crippen molar-refractivity contribution >= 4 is 5.97 Å². The van der Waals surface area contributed by atoms with Crippen molar-refractivity contribution in [3.8, 4) is 0 Å². The van der Waals surface area contributed by atoms with Gasteiger partial charge in [-0.1, -0.05) is 6.08 Å². The molecule has 3 N–H and O–H groups in total. The van der Waals surface area contributed by atoms with Crippen molar-refractivity contribution in [3.05, 3.63) is 11.6 Å². The summed E-state index contributed by atoms with van der Waals surface area (Å²) in [5, 5.41) is 8.53. The molecule has 1 rings (SSSR count). The van der Waals surface area contributed by atoms with E-state index in [0.29, 0.717) is 19.6 Å². The van der Waals surface area contributed by atoms with Crippen LogP contribution in [0, 0.1) is 0 Å². The predicted molar refractivity (Wildman–Crippen MR) is 39.1 cm³/mol. The lowest BCUT2D eigenvalue weighted by Gasteiger charge is -2.16. The zero-order valence-electron chi connectivity index (χ0n) is 6.12. The monoisotopic (exact) mass is 157 g/mol. The van der Waals surface area contributed by atoms with Crippen LogP contribution in [-0.4, -0.2) is 30.3 Å². The van der Waals surface area contributed by atoms with Gasteiger partial charge in [-0.05, 0) is 12.0 Å². The van der Waals surface area contributed by atoms with E-state index in [-0.39, 0.29) is 0 Å². The molecule has 0 aromatic heterocycles. The maximum absolute atomic E-state index is 10.4. The summed E-state index contributed by atoms with van der Waals surface area (Å²) in [4.78, 5) is 10.4. The highest BCUT2D eigenvalue weighted by atomic mass is 16.5. The van der Waals surface area contributed by atoms with E-state index in [1.165, 1.54) is 0 Å². The van der Waals surface area contributed by atoms with Crippen LogP contribution in [0.25, 0.3) is 0 Å². The SMILES string of the molecule is NC(C(=O)O)C1=CCOCC1. The quantitative estimate of drug-likeness (QED) is 0.542. The molecule has 1 aliphatic rings. The fourth-order valence-electron chi connectivity index (χ4n) is 0.982. The summed E-state index contributed by atoms with van der Waals surface area (Å²) in [6.07, 6.45) is 2.37. The van der Waals surface area contributed by atoms with E-state index in [0.717, 1.165) is 5.57 Å². The van der Waals surface area contributed by atoms with Gasteiger partial charge in [-0.15, -0.1) is 0 Å². The average Bonchev–Trinajstić information content (AvgIpc) is 2.05. The number of carbonyl (C=O) groups is 1. The van der Waals surface area contributed by atoms with E-state index in [1.807, 2.05) is 0 Å². The molecule has 0 fully saturated rings. The Bertz CT molecular complexity index is 188. The lowest BCUT2D eigenvalue weighted by Crippen LogP contribution is -2.33. The molecule has 4 nitrogen and oxygen atoms in total. The molecule has 0 bridgehead atoms. The first kappa shape index (κ1) is 8.23. The minimum Gasteiger partial charge on any atom is -0.480 e. The van der Waals surface area contributed by atoms with Crippen LogP contribution in [0.15, 0.2) is 11.6 Å². The average molecular weight is 157 g/mol. The van der Waals surface area contributed by atoms with Crippen molar-refractivity contribution in [3.63, 3.8) is 0 Å². The summed E-state index contributed by atoms with van der Waals surface area (Å²) < 4.78 is 5.00. The van der Waals surface area contributed by atoms with Gasteiger partial charge < -0.3 is 15.6 Å². The molecule has 4 heteroatoms. The van der Waals surface area contributed by atoms with Crippen molar-refractivity contribution in [1.82, 2.24) is 0 Å². The van der Waals surface area contributed by atoms with E-state index < -0.39 is 12.0 Å². The van der Waals surface area contributed by atoms with E-state index in [1.54, 1.807) is 6.08 Å². The maximum atomic E-state index is 10.4. The third-order valence-corrected chi connectivity index (χ3v) is 1.66. The maximum Gasteiger partial charge on any atom is 0.324 e.